The van der Waals surface area contributed by atoms with E-state index >= 15 is 0 Å². The summed E-state index contributed by atoms with van der Waals surface area (Å²) in [5, 5.41) is 12.1. The smallest absolute Gasteiger partial charge is 0.255 e. The van der Waals surface area contributed by atoms with E-state index in [2.05, 4.69) is 15.5 Å². The molecular formula is C22H23N5O2S. The highest BCUT2D eigenvalue weighted by atomic mass is 32.2. The minimum absolute atomic E-state index is 0.146. The molecule has 0 spiro atoms. The fraction of sp³-hybridized carbons (Fsp3) is 0.273. The minimum Gasteiger partial charge on any atom is -0.342 e. The summed E-state index contributed by atoms with van der Waals surface area (Å²) in [5.41, 5.74) is 2.12. The highest BCUT2D eigenvalue weighted by Crippen LogP contribution is 2.25. The van der Waals surface area contributed by atoms with Gasteiger partial charge in [-0.1, -0.05) is 42.1 Å². The van der Waals surface area contributed by atoms with Gasteiger partial charge in [0, 0.05) is 37.0 Å². The standard InChI is InChI=1S/C22H23N5O2S/c1-26-20(24-25-22(26)30-15-19(28)27-12-5-6-13-27)17-10-7-11-18(14-17)23-21(29)16-8-3-2-4-9-16/h2-4,7-11,14H,5-6,12-13,15H2,1H3,(H,23,29). The molecule has 1 aliphatic heterocycles. The average molecular weight is 422 g/mol. The number of nitrogens with zero attached hydrogens (tertiary/aromatic N) is 4. The van der Waals surface area contributed by atoms with E-state index in [1.165, 1.54) is 11.8 Å². The molecule has 4 rings (SSSR count). The molecule has 1 N–H and O–H groups in total. The van der Waals surface area contributed by atoms with Crippen molar-refractivity contribution in [3.8, 4) is 11.4 Å². The van der Waals surface area contributed by atoms with Crippen LogP contribution in [0.5, 0.6) is 0 Å². The molecule has 1 saturated heterocycles. The second kappa shape index (κ2) is 9.13. The zero-order valence-corrected chi connectivity index (χ0v) is 17.6. The van der Waals surface area contributed by atoms with Gasteiger partial charge in [0.05, 0.1) is 5.75 Å². The summed E-state index contributed by atoms with van der Waals surface area (Å²) in [7, 11) is 1.88. The lowest BCUT2D eigenvalue weighted by Crippen LogP contribution is -2.29. The van der Waals surface area contributed by atoms with Crippen molar-refractivity contribution in [3.05, 3.63) is 60.2 Å². The number of nitrogens with one attached hydrogen (secondary N) is 1. The van der Waals surface area contributed by atoms with Crippen LogP contribution in [0.4, 0.5) is 5.69 Å². The van der Waals surface area contributed by atoms with Crippen molar-refractivity contribution in [3.63, 3.8) is 0 Å². The maximum Gasteiger partial charge on any atom is 0.255 e. The summed E-state index contributed by atoms with van der Waals surface area (Å²) in [4.78, 5) is 26.6. The number of hydrogen-bond donors (Lipinski definition) is 1. The normalized spacial score (nSPS) is 13.4. The van der Waals surface area contributed by atoms with E-state index in [0.717, 1.165) is 31.5 Å². The Morgan fingerprint density at radius 2 is 1.80 bits per heavy atom. The molecule has 1 aliphatic rings. The first kappa shape index (κ1) is 20.2. The first-order valence-corrected chi connectivity index (χ1v) is 10.9. The van der Waals surface area contributed by atoms with Crippen LogP contribution in [0.1, 0.15) is 23.2 Å². The summed E-state index contributed by atoms with van der Waals surface area (Å²) in [6, 6.07) is 16.6. The van der Waals surface area contributed by atoms with Crippen LogP contribution in [0.15, 0.2) is 59.8 Å². The molecule has 3 aromatic rings. The number of likely N-dealkylation sites (tertiary alicyclic amines) is 1. The van der Waals surface area contributed by atoms with Gasteiger partial charge in [0.25, 0.3) is 5.91 Å². The highest BCUT2D eigenvalue weighted by molar-refractivity contribution is 7.99. The molecule has 154 valence electrons. The number of benzene rings is 2. The zero-order valence-electron chi connectivity index (χ0n) is 16.7. The summed E-state index contributed by atoms with van der Waals surface area (Å²) >= 11 is 1.40. The molecule has 2 amide bonds. The third-order valence-corrected chi connectivity index (χ3v) is 6.04. The lowest BCUT2D eigenvalue weighted by atomic mass is 10.1. The molecule has 0 unspecified atom stereocenters. The molecule has 2 aromatic carbocycles. The molecule has 0 aliphatic carbocycles. The number of anilines is 1. The predicted octanol–water partition coefficient (Wildman–Crippen LogP) is 3.45. The van der Waals surface area contributed by atoms with Crippen LogP contribution in [-0.4, -0.2) is 50.3 Å². The van der Waals surface area contributed by atoms with Crippen molar-refractivity contribution in [1.29, 1.82) is 0 Å². The molecule has 7 nitrogen and oxygen atoms in total. The summed E-state index contributed by atoms with van der Waals surface area (Å²) in [5.74, 6) is 1.02. The highest BCUT2D eigenvalue weighted by Gasteiger charge is 2.19. The largest absolute Gasteiger partial charge is 0.342 e. The number of rotatable bonds is 6. The van der Waals surface area contributed by atoms with E-state index in [-0.39, 0.29) is 11.8 Å². The van der Waals surface area contributed by atoms with E-state index in [0.29, 0.717) is 28.0 Å². The molecule has 2 heterocycles. The molecule has 0 bridgehead atoms. The molecular weight excluding hydrogens is 398 g/mol. The molecule has 30 heavy (non-hydrogen) atoms. The van der Waals surface area contributed by atoms with Gasteiger partial charge in [-0.15, -0.1) is 10.2 Å². The van der Waals surface area contributed by atoms with Crippen LogP contribution < -0.4 is 5.32 Å². The van der Waals surface area contributed by atoms with Crippen molar-refractivity contribution in [1.82, 2.24) is 19.7 Å². The number of amides is 2. The van der Waals surface area contributed by atoms with Gasteiger partial charge >= 0.3 is 0 Å². The van der Waals surface area contributed by atoms with Crippen molar-refractivity contribution < 1.29 is 9.59 Å². The monoisotopic (exact) mass is 421 g/mol. The van der Waals surface area contributed by atoms with Gasteiger partial charge < -0.3 is 14.8 Å². The van der Waals surface area contributed by atoms with E-state index in [9.17, 15) is 9.59 Å². The topological polar surface area (TPSA) is 80.1 Å². The molecule has 0 saturated carbocycles. The van der Waals surface area contributed by atoms with Crippen LogP contribution in [0.2, 0.25) is 0 Å². The predicted molar refractivity (Wildman–Crippen MR) is 117 cm³/mol. The Morgan fingerprint density at radius 3 is 2.57 bits per heavy atom. The zero-order chi connectivity index (χ0) is 20.9. The summed E-state index contributed by atoms with van der Waals surface area (Å²) < 4.78 is 1.88. The number of carbonyl (C=O) groups is 2. The van der Waals surface area contributed by atoms with Gasteiger partial charge in [-0.2, -0.15) is 0 Å². The van der Waals surface area contributed by atoms with Gasteiger partial charge in [-0.05, 0) is 37.1 Å². The Balaban J connectivity index is 1.44. The number of carbonyl (C=O) groups excluding carboxylic acids is 2. The van der Waals surface area contributed by atoms with Crippen molar-refractivity contribution >= 4 is 29.3 Å². The summed E-state index contributed by atoms with van der Waals surface area (Å²) in [6.45, 7) is 1.70. The van der Waals surface area contributed by atoms with Crippen molar-refractivity contribution in [2.45, 2.75) is 18.0 Å². The van der Waals surface area contributed by atoms with Crippen LogP contribution >= 0.6 is 11.8 Å². The Hall–Kier alpha value is -3.13. The number of aromatic nitrogens is 3. The second-order valence-corrected chi connectivity index (χ2v) is 8.09. The van der Waals surface area contributed by atoms with E-state index < -0.39 is 0 Å². The number of thioether (sulfide) groups is 1. The fourth-order valence-electron chi connectivity index (χ4n) is 3.40. The van der Waals surface area contributed by atoms with Crippen LogP contribution in [0.3, 0.4) is 0 Å². The third kappa shape index (κ3) is 4.54. The Morgan fingerprint density at radius 1 is 1.03 bits per heavy atom. The molecule has 8 heteroatoms. The quantitative estimate of drug-likeness (QED) is 0.617. The fourth-order valence-corrected chi connectivity index (χ4v) is 4.22. The molecule has 1 fully saturated rings. The van der Waals surface area contributed by atoms with Gasteiger partial charge in [0.15, 0.2) is 11.0 Å². The first-order valence-electron chi connectivity index (χ1n) is 9.88. The summed E-state index contributed by atoms with van der Waals surface area (Å²) in [6.07, 6.45) is 2.17. The van der Waals surface area contributed by atoms with E-state index in [1.54, 1.807) is 12.1 Å². The Kier molecular flexibility index (Phi) is 6.13. The van der Waals surface area contributed by atoms with Crippen molar-refractivity contribution in [2.24, 2.45) is 7.05 Å². The lowest BCUT2D eigenvalue weighted by molar-refractivity contribution is -0.127. The van der Waals surface area contributed by atoms with Crippen LogP contribution in [0, 0.1) is 0 Å². The maximum atomic E-state index is 12.4. The molecule has 1 aromatic heterocycles. The van der Waals surface area contributed by atoms with Gasteiger partial charge in [-0.25, -0.2) is 0 Å². The third-order valence-electron chi connectivity index (χ3n) is 5.03. The van der Waals surface area contributed by atoms with Gasteiger partial charge in [0.1, 0.15) is 0 Å². The Bertz CT molecular complexity index is 1040. The maximum absolute atomic E-state index is 12.4. The van der Waals surface area contributed by atoms with Gasteiger partial charge in [-0.3, -0.25) is 9.59 Å². The van der Waals surface area contributed by atoms with E-state index in [4.69, 9.17) is 0 Å². The van der Waals surface area contributed by atoms with Crippen LogP contribution in [0.25, 0.3) is 11.4 Å². The number of hydrogen-bond acceptors (Lipinski definition) is 5. The first-order chi connectivity index (χ1) is 14.6. The van der Waals surface area contributed by atoms with Crippen LogP contribution in [-0.2, 0) is 11.8 Å². The van der Waals surface area contributed by atoms with Crippen molar-refractivity contribution in [2.75, 3.05) is 24.2 Å². The lowest BCUT2D eigenvalue weighted by Gasteiger charge is -2.14. The van der Waals surface area contributed by atoms with Gasteiger partial charge in [0.2, 0.25) is 5.91 Å². The minimum atomic E-state index is -0.164. The second-order valence-electron chi connectivity index (χ2n) is 7.14. The average Bonchev–Trinajstić information content (AvgIpc) is 3.43. The Labute approximate surface area is 179 Å². The molecule has 0 atom stereocenters. The van der Waals surface area contributed by atoms with E-state index in [1.807, 2.05) is 59.0 Å². The SMILES string of the molecule is Cn1c(SCC(=O)N2CCCC2)nnc1-c1cccc(NC(=O)c2ccccc2)c1. The molecule has 0 radical (unpaired) electrons.